The molecule has 4 heteroatoms. The number of carbonyl (C=O) groups excluding carboxylic acids is 1. The number of aromatic amines is 1. The Labute approximate surface area is 92.6 Å². The second-order valence-electron chi connectivity index (χ2n) is 4.36. The summed E-state index contributed by atoms with van der Waals surface area (Å²) in [5.41, 5.74) is 15.2. The molecule has 0 bridgehead atoms. The first kappa shape index (κ1) is 9.42. The predicted octanol–water partition coefficient (Wildman–Crippen LogP) is 0.693. The molecule has 0 spiro atoms. The number of nitrogens with one attached hydrogen (secondary N) is 1. The van der Waals surface area contributed by atoms with Gasteiger partial charge in [-0.3, -0.25) is 4.79 Å². The van der Waals surface area contributed by atoms with Gasteiger partial charge in [-0.25, -0.2) is 0 Å². The Balaban J connectivity index is 2.37. The van der Waals surface area contributed by atoms with E-state index in [-0.39, 0.29) is 11.9 Å². The fraction of sp³-hybridized carbons (Fsp3) is 0.250. The zero-order valence-electron chi connectivity index (χ0n) is 8.79. The van der Waals surface area contributed by atoms with Crippen molar-refractivity contribution in [3.8, 4) is 0 Å². The van der Waals surface area contributed by atoms with E-state index in [4.69, 9.17) is 11.5 Å². The highest BCUT2D eigenvalue weighted by Crippen LogP contribution is 2.31. The molecule has 1 unspecified atom stereocenters. The number of hydrogen-bond donors (Lipinski definition) is 3. The minimum atomic E-state index is -0.377. The van der Waals surface area contributed by atoms with E-state index >= 15 is 0 Å². The molecule has 1 aliphatic carbocycles. The van der Waals surface area contributed by atoms with Crippen molar-refractivity contribution < 1.29 is 4.79 Å². The molecule has 0 saturated heterocycles. The summed E-state index contributed by atoms with van der Waals surface area (Å²) >= 11 is 0. The number of benzene rings is 1. The zero-order chi connectivity index (χ0) is 11.3. The summed E-state index contributed by atoms with van der Waals surface area (Å²) in [6, 6.07) is 3.75. The van der Waals surface area contributed by atoms with Crippen molar-refractivity contribution in [1.29, 1.82) is 0 Å². The highest BCUT2D eigenvalue weighted by atomic mass is 16.1. The molecule has 0 fully saturated rings. The number of rotatable bonds is 1. The third-order valence-electron chi connectivity index (χ3n) is 3.25. The van der Waals surface area contributed by atoms with Gasteiger partial charge in [0.25, 0.3) is 0 Å². The Hall–Kier alpha value is -1.81. The summed E-state index contributed by atoms with van der Waals surface area (Å²) in [4.78, 5) is 14.6. The van der Waals surface area contributed by atoms with Gasteiger partial charge in [-0.2, -0.15) is 0 Å². The van der Waals surface area contributed by atoms with E-state index < -0.39 is 0 Å². The molecule has 0 radical (unpaired) electrons. The molecule has 1 aromatic carbocycles. The van der Waals surface area contributed by atoms with Crippen LogP contribution in [0.15, 0.2) is 18.3 Å². The largest absolute Gasteiger partial charge is 0.366 e. The highest BCUT2D eigenvalue weighted by molar-refractivity contribution is 6.01. The highest BCUT2D eigenvalue weighted by Gasteiger charge is 2.23. The van der Waals surface area contributed by atoms with Crippen LogP contribution in [0.3, 0.4) is 0 Å². The van der Waals surface area contributed by atoms with E-state index in [1.165, 1.54) is 5.56 Å². The van der Waals surface area contributed by atoms with Crippen LogP contribution in [-0.4, -0.2) is 16.9 Å². The van der Waals surface area contributed by atoms with Crippen LogP contribution < -0.4 is 11.5 Å². The Morgan fingerprint density at radius 3 is 2.94 bits per heavy atom. The van der Waals surface area contributed by atoms with Crippen molar-refractivity contribution in [2.45, 2.75) is 18.9 Å². The molecule has 0 aliphatic heterocycles. The SMILES string of the molecule is NC(=O)c1ccc2[nH]cc3c2c1CC(N)C3. The fourth-order valence-corrected chi connectivity index (χ4v) is 2.59. The molecule has 1 aliphatic rings. The first-order valence-electron chi connectivity index (χ1n) is 5.34. The van der Waals surface area contributed by atoms with E-state index in [9.17, 15) is 4.79 Å². The van der Waals surface area contributed by atoms with Crippen LogP contribution in [0.1, 0.15) is 21.5 Å². The van der Waals surface area contributed by atoms with Crippen molar-refractivity contribution in [2.75, 3.05) is 0 Å². The maximum atomic E-state index is 11.4. The van der Waals surface area contributed by atoms with Crippen molar-refractivity contribution in [3.63, 3.8) is 0 Å². The number of carbonyl (C=O) groups is 1. The predicted molar refractivity (Wildman–Crippen MR) is 62.2 cm³/mol. The first-order chi connectivity index (χ1) is 7.66. The molecule has 82 valence electrons. The van der Waals surface area contributed by atoms with E-state index in [1.807, 2.05) is 12.3 Å². The molecule has 5 N–H and O–H groups in total. The lowest BCUT2D eigenvalue weighted by atomic mass is 9.86. The normalized spacial score (nSPS) is 18.9. The van der Waals surface area contributed by atoms with Crippen LogP contribution in [-0.2, 0) is 12.8 Å². The Morgan fingerprint density at radius 2 is 2.19 bits per heavy atom. The summed E-state index contributed by atoms with van der Waals surface area (Å²) < 4.78 is 0. The quantitative estimate of drug-likeness (QED) is 0.654. The second-order valence-corrected chi connectivity index (χ2v) is 4.36. The average Bonchev–Trinajstić information content (AvgIpc) is 2.62. The van der Waals surface area contributed by atoms with Gasteiger partial charge in [0.2, 0.25) is 5.91 Å². The molecule has 4 nitrogen and oxygen atoms in total. The first-order valence-corrected chi connectivity index (χ1v) is 5.34. The van der Waals surface area contributed by atoms with Crippen molar-refractivity contribution >= 4 is 16.8 Å². The average molecular weight is 215 g/mol. The number of primary amides is 1. The Morgan fingerprint density at radius 1 is 1.38 bits per heavy atom. The smallest absolute Gasteiger partial charge is 0.249 e. The van der Waals surface area contributed by atoms with E-state index in [0.717, 1.165) is 29.3 Å². The molecule has 2 aromatic rings. The molecule has 1 aromatic heterocycles. The minimum absolute atomic E-state index is 0.0759. The molecule has 16 heavy (non-hydrogen) atoms. The lowest BCUT2D eigenvalue weighted by Crippen LogP contribution is -2.30. The molecule has 0 saturated carbocycles. The number of amides is 1. The summed E-state index contributed by atoms with van der Waals surface area (Å²) in [5.74, 6) is -0.377. The summed E-state index contributed by atoms with van der Waals surface area (Å²) in [6.07, 6.45) is 3.55. The monoisotopic (exact) mass is 215 g/mol. The van der Waals surface area contributed by atoms with Crippen molar-refractivity contribution in [3.05, 3.63) is 35.0 Å². The summed E-state index contributed by atoms with van der Waals surface area (Å²) in [6.45, 7) is 0. The zero-order valence-corrected chi connectivity index (χ0v) is 8.79. The van der Waals surface area contributed by atoms with Crippen LogP contribution in [0.2, 0.25) is 0 Å². The van der Waals surface area contributed by atoms with Crippen LogP contribution in [0.5, 0.6) is 0 Å². The Bertz CT molecular complexity index is 585. The molecule has 1 amide bonds. The van der Waals surface area contributed by atoms with Crippen LogP contribution in [0, 0.1) is 0 Å². The molecular weight excluding hydrogens is 202 g/mol. The molecule has 1 heterocycles. The lowest BCUT2D eigenvalue weighted by Gasteiger charge is -2.20. The van der Waals surface area contributed by atoms with Crippen LogP contribution >= 0.6 is 0 Å². The fourth-order valence-electron chi connectivity index (χ4n) is 2.59. The van der Waals surface area contributed by atoms with Gasteiger partial charge >= 0.3 is 0 Å². The molecule has 3 rings (SSSR count). The third kappa shape index (κ3) is 1.17. The maximum Gasteiger partial charge on any atom is 0.249 e. The van der Waals surface area contributed by atoms with Gasteiger partial charge in [-0.15, -0.1) is 0 Å². The van der Waals surface area contributed by atoms with Crippen LogP contribution in [0.25, 0.3) is 10.9 Å². The molecule has 1 atom stereocenters. The standard InChI is InChI=1S/C12H13N3O/c13-7-3-6-5-15-10-2-1-8(12(14)16)9(4-7)11(6)10/h1-2,5,7,15H,3-4,13H2,(H2,14,16). The molecular formula is C12H13N3O. The number of aromatic nitrogens is 1. The van der Waals surface area contributed by atoms with E-state index in [2.05, 4.69) is 4.98 Å². The van der Waals surface area contributed by atoms with Gasteiger partial charge in [0.1, 0.15) is 0 Å². The number of hydrogen-bond acceptors (Lipinski definition) is 2. The minimum Gasteiger partial charge on any atom is -0.366 e. The van der Waals surface area contributed by atoms with Crippen LogP contribution in [0.4, 0.5) is 0 Å². The number of H-pyrrole nitrogens is 1. The van der Waals surface area contributed by atoms with Gasteiger partial charge in [0.05, 0.1) is 0 Å². The van der Waals surface area contributed by atoms with Gasteiger partial charge in [-0.1, -0.05) is 0 Å². The van der Waals surface area contributed by atoms with Crippen molar-refractivity contribution in [2.24, 2.45) is 11.5 Å². The topological polar surface area (TPSA) is 84.9 Å². The maximum absolute atomic E-state index is 11.4. The third-order valence-corrected chi connectivity index (χ3v) is 3.25. The lowest BCUT2D eigenvalue weighted by molar-refractivity contribution is 0.0999. The van der Waals surface area contributed by atoms with Gasteiger partial charge in [-0.05, 0) is 36.1 Å². The second kappa shape index (κ2) is 3.09. The Kier molecular flexibility index (Phi) is 1.82. The van der Waals surface area contributed by atoms with Crippen molar-refractivity contribution in [1.82, 2.24) is 4.98 Å². The van der Waals surface area contributed by atoms with Gasteiger partial charge in [0.15, 0.2) is 0 Å². The van der Waals surface area contributed by atoms with E-state index in [1.54, 1.807) is 6.07 Å². The number of nitrogens with two attached hydrogens (primary N) is 2. The van der Waals surface area contributed by atoms with E-state index in [0.29, 0.717) is 5.56 Å². The van der Waals surface area contributed by atoms with Gasteiger partial charge < -0.3 is 16.5 Å². The van der Waals surface area contributed by atoms with Gasteiger partial charge in [0, 0.05) is 28.7 Å². The summed E-state index contributed by atoms with van der Waals surface area (Å²) in [5, 5.41) is 1.14. The summed E-state index contributed by atoms with van der Waals surface area (Å²) in [7, 11) is 0.